The average molecular weight is 273 g/mol. The number of carbonyl (C=O) groups is 1. The Morgan fingerprint density at radius 1 is 1.53 bits per heavy atom. The summed E-state index contributed by atoms with van der Waals surface area (Å²) in [4.78, 5) is 13.8. The monoisotopic (exact) mass is 273 g/mol. The molecule has 1 amide bonds. The van der Waals surface area contributed by atoms with Gasteiger partial charge in [0.15, 0.2) is 0 Å². The van der Waals surface area contributed by atoms with E-state index < -0.39 is 6.10 Å². The van der Waals surface area contributed by atoms with Crippen molar-refractivity contribution in [2.24, 2.45) is 5.92 Å². The summed E-state index contributed by atoms with van der Waals surface area (Å²) in [6.07, 6.45) is 1.30. The first-order chi connectivity index (χ1) is 8.11. The fourth-order valence-corrected chi connectivity index (χ4v) is 5.02. The minimum Gasteiger partial charge on any atom is -0.392 e. The van der Waals surface area contributed by atoms with Crippen LogP contribution < -0.4 is 0 Å². The summed E-state index contributed by atoms with van der Waals surface area (Å²) in [6, 6.07) is 0. The quantitative estimate of drug-likeness (QED) is 0.782. The Balaban J connectivity index is 2.05. The molecule has 2 aliphatic heterocycles. The van der Waals surface area contributed by atoms with Crippen molar-refractivity contribution in [3.8, 4) is 0 Å². The number of aliphatic hydroxyl groups is 1. The normalized spacial score (nSPS) is 29.4. The maximum absolute atomic E-state index is 12.0. The average Bonchev–Trinajstić information content (AvgIpc) is 2.59. The number of aliphatic hydroxyl groups excluding tert-OH is 1. The molecule has 0 aromatic rings. The van der Waals surface area contributed by atoms with Gasteiger partial charge in [0.2, 0.25) is 5.91 Å². The topological polar surface area (TPSA) is 40.5 Å². The third-order valence-corrected chi connectivity index (χ3v) is 6.31. The fourth-order valence-electron chi connectivity index (χ4n) is 2.20. The van der Waals surface area contributed by atoms with Crippen LogP contribution in [-0.4, -0.2) is 33.1 Å². The molecule has 1 saturated heterocycles. The van der Waals surface area contributed by atoms with E-state index in [4.69, 9.17) is 0 Å². The van der Waals surface area contributed by atoms with Gasteiger partial charge in [0.25, 0.3) is 0 Å². The SMILES string of the molecule is CCCSC1=C(C)N2C(=O)[C@@H]([C@@H](O)CC)[C@H]2S1. The van der Waals surface area contributed by atoms with Gasteiger partial charge in [-0.3, -0.25) is 4.79 Å². The van der Waals surface area contributed by atoms with Gasteiger partial charge < -0.3 is 10.0 Å². The van der Waals surface area contributed by atoms with E-state index in [2.05, 4.69) is 6.92 Å². The molecule has 0 aromatic heterocycles. The van der Waals surface area contributed by atoms with Crippen molar-refractivity contribution in [3.63, 3.8) is 0 Å². The van der Waals surface area contributed by atoms with Crippen molar-refractivity contribution >= 4 is 29.4 Å². The molecule has 0 aliphatic carbocycles. The molecule has 1 fully saturated rings. The van der Waals surface area contributed by atoms with Crippen LogP contribution in [0.4, 0.5) is 0 Å². The summed E-state index contributed by atoms with van der Waals surface area (Å²) < 4.78 is 1.26. The van der Waals surface area contributed by atoms with Crippen molar-refractivity contribution in [2.75, 3.05) is 5.75 Å². The molecule has 2 rings (SSSR count). The molecule has 1 N–H and O–H groups in total. The number of rotatable bonds is 5. The number of carbonyl (C=O) groups excluding carboxylic acids is 1. The summed E-state index contributed by atoms with van der Waals surface area (Å²) >= 11 is 3.58. The minimum atomic E-state index is -0.487. The Labute approximate surface area is 111 Å². The number of allylic oxidation sites excluding steroid dienone is 1. The van der Waals surface area contributed by atoms with Crippen molar-refractivity contribution < 1.29 is 9.90 Å². The zero-order chi connectivity index (χ0) is 12.6. The smallest absolute Gasteiger partial charge is 0.236 e. The Kier molecular flexibility index (Phi) is 4.10. The van der Waals surface area contributed by atoms with Crippen LogP contribution in [0.5, 0.6) is 0 Å². The summed E-state index contributed by atoms with van der Waals surface area (Å²) in [5.74, 6) is 0.996. The molecule has 0 radical (unpaired) electrons. The van der Waals surface area contributed by atoms with Gasteiger partial charge in [-0.05, 0) is 25.5 Å². The minimum absolute atomic E-state index is 0.0986. The van der Waals surface area contributed by atoms with Crippen LogP contribution >= 0.6 is 23.5 Å². The highest BCUT2D eigenvalue weighted by Crippen LogP contribution is 2.53. The Bertz CT molecular complexity index is 356. The summed E-state index contributed by atoms with van der Waals surface area (Å²) in [5.41, 5.74) is 1.09. The van der Waals surface area contributed by atoms with Crippen LogP contribution in [0.25, 0.3) is 0 Å². The first-order valence-corrected chi connectivity index (χ1v) is 7.99. The van der Waals surface area contributed by atoms with Crippen molar-refractivity contribution in [1.82, 2.24) is 4.90 Å². The molecule has 3 nitrogen and oxygen atoms in total. The zero-order valence-corrected chi connectivity index (χ0v) is 12.1. The van der Waals surface area contributed by atoms with Gasteiger partial charge in [0.05, 0.1) is 16.3 Å². The highest BCUT2D eigenvalue weighted by atomic mass is 32.2. The van der Waals surface area contributed by atoms with E-state index in [1.807, 2.05) is 30.5 Å². The predicted molar refractivity (Wildman–Crippen MR) is 73.5 cm³/mol. The maximum Gasteiger partial charge on any atom is 0.236 e. The maximum atomic E-state index is 12.0. The second-order valence-corrected chi connectivity index (χ2v) is 6.93. The molecular formula is C12H19NO2S2. The zero-order valence-electron chi connectivity index (χ0n) is 10.5. The van der Waals surface area contributed by atoms with Gasteiger partial charge in [-0.2, -0.15) is 0 Å². The van der Waals surface area contributed by atoms with Crippen LogP contribution in [0, 0.1) is 5.92 Å². The van der Waals surface area contributed by atoms with E-state index in [-0.39, 0.29) is 17.2 Å². The third kappa shape index (κ3) is 2.13. The number of β-lactam (4-membered cyclic amide) rings is 1. The van der Waals surface area contributed by atoms with E-state index in [9.17, 15) is 9.90 Å². The van der Waals surface area contributed by atoms with Gasteiger partial charge in [0.1, 0.15) is 5.37 Å². The number of hydrogen-bond donors (Lipinski definition) is 1. The lowest BCUT2D eigenvalue weighted by Crippen LogP contribution is -2.60. The van der Waals surface area contributed by atoms with Crippen LogP contribution in [0.15, 0.2) is 9.93 Å². The van der Waals surface area contributed by atoms with Crippen LogP contribution in [0.3, 0.4) is 0 Å². The van der Waals surface area contributed by atoms with E-state index in [1.54, 1.807) is 11.8 Å². The van der Waals surface area contributed by atoms with E-state index in [0.29, 0.717) is 6.42 Å². The van der Waals surface area contributed by atoms with Gasteiger partial charge in [0, 0.05) is 5.70 Å². The lowest BCUT2D eigenvalue weighted by atomic mass is 9.90. The Hall–Kier alpha value is -0.130. The second kappa shape index (κ2) is 5.24. The molecule has 96 valence electrons. The highest BCUT2D eigenvalue weighted by Gasteiger charge is 2.55. The molecule has 17 heavy (non-hydrogen) atoms. The van der Waals surface area contributed by atoms with Gasteiger partial charge >= 0.3 is 0 Å². The third-order valence-electron chi connectivity index (χ3n) is 3.24. The predicted octanol–water partition coefficient (Wildman–Crippen LogP) is 2.62. The lowest BCUT2D eigenvalue weighted by molar-refractivity contribution is -0.153. The van der Waals surface area contributed by atoms with E-state index >= 15 is 0 Å². The molecule has 2 heterocycles. The molecule has 0 bridgehead atoms. The lowest BCUT2D eigenvalue weighted by Gasteiger charge is -2.44. The van der Waals surface area contributed by atoms with Crippen molar-refractivity contribution in [1.29, 1.82) is 0 Å². The highest BCUT2D eigenvalue weighted by molar-refractivity contribution is 8.22. The van der Waals surface area contributed by atoms with Gasteiger partial charge in [-0.25, -0.2) is 0 Å². The van der Waals surface area contributed by atoms with Crippen LogP contribution in [0.1, 0.15) is 33.6 Å². The number of amides is 1. The molecule has 0 spiro atoms. The summed E-state index contributed by atoms with van der Waals surface area (Å²) in [6.45, 7) is 6.09. The van der Waals surface area contributed by atoms with E-state index in [0.717, 1.165) is 17.9 Å². The molecule has 0 unspecified atom stereocenters. The first kappa shape index (κ1) is 13.3. The number of hydrogen-bond acceptors (Lipinski definition) is 4. The Morgan fingerprint density at radius 2 is 2.24 bits per heavy atom. The molecule has 0 saturated carbocycles. The van der Waals surface area contributed by atoms with Crippen LogP contribution in [-0.2, 0) is 4.79 Å². The molecule has 0 aromatic carbocycles. The van der Waals surface area contributed by atoms with Crippen molar-refractivity contribution in [3.05, 3.63) is 9.93 Å². The summed E-state index contributed by atoms with van der Waals surface area (Å²) in [7, 11) is 0. The summed E-state index contributed by atoms with van der Waals surface area (Å²) in [5, 5.41) is 10.0. The van der Waals surface area contributed by atoms with Crippen LogP contribution in [0.2, 0.25) is 0 Å². The number of thioether (sulfide) groups is 2. The molecule has 2 aliphatic rings. The molecular weight excluding hydrogens is 254 g/mol. The standard InChI is InChI=1S/C12H19NO2S2/c1-4-6-16-12-7(3)13-10(15)9(8(14)5-2)11(13)17-12/h8-9,11,14H,4-6H2,1-3H3/t8-,9+,11+/m0/s1. The first-order valence-electron chi connectivity index (χ1n) is 6.13. The molecule has 3 atom stereocenters. The molecule has 5 heteroatoms. The van der Waals surface area contributed by atoms with Gasteiger partial charge in [-0.15, -0.1) is 11.8 Å². The van der Waals surface area contributed by atoms with E-state index in [1.165, 1.54) is 4.24 Å². The Morgan fingerprint density at radius 3 is 2.82 bits per heavy atom. The van der Waals surface area contributed by atoms with Gasteiger partial charge in [-0.1, -0.05) is 25.6 Å². The second-order valence-electron chi connectivity index (χ2n) is 4.44. The fraction of sp³-hybridized carbons (Fsp3) is 0.750. The van der Waals surface area contributed by atoms with Crippen molar-refractivity contribution in [2.45, 2.75) is 45.1 Å². The number of nitrogens with zero attached hydrogens (tertiary/aromatic N) is 1. The number of fused-ring (bicyclic) bond motifs is 1. The largest absolute Gasteiger partial charge is 0.392 e.